The Kier molecular flexibility index (Phi) is 7.75. The van der Waals surface area contributed by atoms with E-state index in [1.165, 1.54) is 29.5 Å². The number of methoxy groups -OCH3 is 2. The fourth-order valence-corrected chi connectivity index (χ4v) is 3.99. The van der Waals surface area contributed by atoms with Gasteiger partial charge in [-0.3, -0.25) is 0 Å². The molecule has 3 aromatic carbocycles. The summed E-state index contributed by atoms with van der Waals surface area (Å²) in [6.07, 6.45) is 4.61. The van der Waals surface area contributed by atoms with Gasteiger partial charge in [-0.15, -0.1) is 0 Å². The van der Waals surface area contributed by atoms with Crippen molar-refractivity contribution >= 4 is 0 Å². The monoisotopic (exact) mass is 388 g/mol. The molecular formula is C27H32O2. The third-order valence-corrected chi connectivity index (χ3v) is 5.89. The molecule has 0 saturated heterocycles. The fraction of sp³-hybridized carbons (Fsp3) is 0.333. The van der Waals surface area contributed by atoms with E-state index in [0.29, 0.717) is 11.8 Å². The van der Waals surface area contributed by atoms with Crippen LogP contribution in [0.3, 0.4) is 0 Å². The van der Waals surface area contributed by atoms with Crippen LogP contribution >= 0.6 is 0 Å². The lowest BCUT2D eigenvalue weighted by atomic mass is 9.80. The van der Waals surface area contributed by atoms with E-state index < -0.39 is 0 Å². The van der Waals surface area contributed by atoms with Crippen molar-refractivity contribution in [1.29, 1.82) is 0 Å². The Bertz CT molecular complexity index is 838. The molecule has 2 atom stereocenters. The third-order valence-electron chi connectivity index (χ3n) is 5.89. The lowest BCUT2D eigenvalue weighted by Crippen LogP contribution is -2.14. The highest BCUT2D eigenvalue weighted by atomic mass is 16.5. The first-order chi connectivity index (χ1) is 14.2. The zero-order valence-electron chi connectivity index (χ0n) is 17.8. The molecule has 2 nitrogen and oxygen atoms in total. The molecule has 0 aromatic heterocycles. The summed E-state index contributed by atoms with van der Waals surface area (Å²) in [5.41, 5.74) is 4.17. The van der Waals surface area contributed by atoms with Gasteiger partial charge in [0, 0.05) is 0 Å². The summed E-state index contributed by atoms with van der Waals surface area (Å²) in [5, 5.41) is 0. The van der Waals surface area contributed by atoms with Gasteiger partial charge in [-0.1, -0.05) is 61.5 Å². The van der Waals surface area contributed by atoms with Gasteiger partial charge in [0.25, 0.3) is 0 Å². The van der Waals surface area contributed by atoms with Crippen molar-refractivity contribution in [1.82, 2.24) is 0 Å². The molecule has 3 aromatic rings. The Morgan fingerprint density at radius 1 is 0.690 bits per heavy atom. The summed E-state index contributed by atoms with van der Waals surface area (Å²) in [5.74, 6) is 2.90. The molecule has 152 valence electrons. The number of hydrogen-bond acceptors (Lipinski definition) is 2. The standard InChI is InChI=1S/C27H32O2/c1-21(24-14-18-27(29-3)19-15-24)25(11-7-10-22-8-5-4-6-9-22)20-23-12-16-26(28-2)17-13-23/h4-6,8-9,12-19,21,25H,7,10-11,20H2,1-3H3/t21?,25-/m0/s1. The van der Waals surface area contributed by atoms with Crippen LogP contribution in [-0.4, -0.2) is 14.2 Å². The van der Waals surface area contributed by atoms with Crippen LogP contribution in [0.25, 0.3) is 0 Å². The molecule has 0 fully saturated rings. The second-order valence-corrected chi connectivity index (χ2v) is 7.75. The summed E-state index contributed by atoms with van der Waals surface area (Å²) in [6.45, 7) is 2.36. The van der Waals surface area contributed by atoms with Crippen molar-refractivity contribution in [2.45, 2.75) is 38.5 Å². The third kappa shape index (κ3) is 6.12. The van der Waals surface area contributed by atoms with E-state index in [1.54, 1.807) is 14.2 Å². The SMILES string of the molecule is COc1ccc(C[C@H](CCCc2ccccc2)C(C)c2ccc(OC)cc2)cc1. The molecule has 0 saturated carbocycles. The molecule has 0 spiro atoms. The number of ether oxygens (including phenoxy) is 2. The van der Waals surface area contributed by atoms with E-state index >= 15 is 0 Å². The van der Waals surface area contributed by atoms with Gasteiger partial charge in [-0.2, -0.15) is 0 Å². The molecule has 0 N–H and O–H groups in total. The van der Waals surface area contributed by atoms with Crippen molar-refractivity contribution < 1.29 is 9.47 Å². The van der Waals surface area contributed by atoms with Crippen molar-refractivity contribution in [3.63, 3.8) is 0 Å². The van der Waals surface area contributed by atoms with Crippen molar-refractivity contribution in [3.05, 3.63) is 95.6 Å². The molecule has 0 aliphatic carbocycles. The average Bonchev–Trinajstić information content (AvgIpc) is 2.79. The van der Waals surface area contributed by atoms with E-state index in [9.17, 15) is 0 Å². The zero-order chi connectivity index (χ0) is 20.5. The van der Waals surface area contributed by atoms with E-state index in [-0.39, 0.29) is 0 Å². The predicted octanol–water partition coefficient (Wildman–Crippen LogP) is 6.69. The summed E-state index contributed by atoms with van der Waals surface area (Å²) < 4.78 is 10.6. The highest BCUT2D eigenvalue weighted by Crippen LogP contribution is 2.32. The molecule has 0 bridgehead atoms. The Balaban J connectivity index is 1.71. The van der Waals surface area contributed by atoms with E-state index in [1.807, 2.05) is 0 Å². The quantitative estimate of drug-likeness (QED) is 0.385. The van der Waals surface area contributed by atoms with Gasteiger partial charge in [0.2, 0.25) is 0 Å². The normalized spacial score (nSPS) is 12.9. The second kappa shape index (κ2) is 10.7. The van der Waals surface area contributed by atoms with Crippen LogP contribution < -0.4 is 9.47 Å². The van der Waals surface area contributed by atoms with Gasteiger partial charge in [-0.05, 0) is 78.5 Å². The maximum atomic E-state index is 5.33. The molecule has 0 radical (unpaired) electrons. The van der Waals surface area contributed by atoms with E-state index in [0.717, 1.165) is 24.3 Å². The molecule has 0 heterocycles. The number of hydrogen-bond donors (Lipinski definition) is 0. The molecule has 0 aliphatic rings. The predicted molar refractivity (Wildman–Crippen MR) is 121 cm³/mol. The molecular weight excluding hydrogens is 356 g/mol. The second-order valence-electron chi connectivity index (χ2n) is 7.75. The highest BCUT2D eigenvalue weighted by molar-refractivity contribution is 5.31. The Hall–Kier alpha value is -2.74. The van der Waals surface area contributed by atoms with Crippen LogP contribution in [0.4, 0.5) is 0 Å². The largest absolute Gasteiger partial charge is 0.497 e. The highest BCUT2D eigenvalue weighted by Gasteiger charge is 2.19. The van der Waals surface area contributed by atoms with Gasteiger partial charge < -0.3 is 9.47 Å². The smallest absolute Gasteiger partial charge is 0.118 e. The molecule has 0 aliphatic heterocycles. The van der Waals surface area contributed by atoms with E-state index in [2.05, 4.69) is 85.8 Å². The first-order valence-corrected chi connectivity index (χ1v) is 10.5. The van der Waals surface area contributed by atoms with Crippen LogP contribution in [0.1, 0.15) is 42.4 Å². The lowest BCUT2D eigenvalue weighted by molar-refractivity contribution is 0.397. The first kappa shape index (κ1) is 21.0. The molecule has 29 heavy (non-hydrogen) atoms. The Labute approximate surface area is 175 Å². The summed E-state index contributed by atoms with van der Waals surface area (Å²) in [6, 6.07) is 27.9. The molecule has 1 unspecified atom stereocenters. The van der Waals surface area contributed by atoms with Crippen LogP contribution in [0.15, 0.2) is 78.9 Å². The zero-order valence-corrected chi connectivity index (χ0v) is 17.8. The minimum Gasteiger partial charge on any atom is -0.497 e. The van der Waals surface area contributed by atoms with E-state index in [4.69, 9.17) is 9.47 Å². The first-order valence-electron chi connectivity index (χ1n) is 10.5. The van der Waals surface area contributed by atoms with Gasteiger partial charge >= 0.3 is 0 Å². The van der Waals surface area contributed by atoms with Crippen LogP contribution in [0.5, 0.6) is 11.5 Å². The van der Waals surface area contributed by atoms with Crippen molar-refractivity contribution in [2.24, 2.45) is 5.92 Å². The van der Waals surface area contributed by atoms with Gasteiger partial charge in [-0.25, -0.2) is 0 Å². The van der Waals surface area contributed by atoms with Crippen molar-refractivity contribution in [3.8, 4) is 11.5 Å². The van der Waals surface area contributed by atoms with Crippen LogP contribution in [0, 0.1) is 5.92 Å². The van der Waals surface area contributed by atoms with Gasteiger partial charge in [0.1, 0.15) is 11.5 Å². The molecule has 0 amide bonds. The van der Waals surface area contributed by atoms with Gasteiger partial charge in [0.05, 0.1) is 14.2 Å². The number of benzene rings is 3. The molecule has 2 heteroatoms. The van der Waals surface area contributed by atoms with Gasteiger partial charge in [0.15, 0.2) is 0 Å². The lowest BCUT2D eigenvalue weighted by Gasteiger charge is -2.25. The Morgan fingerprint density at radius 3 is 1.86 bits per heavy atom. The summed E-state index contributed by atoms with van der Waals surface area (Å²) in [7, 11) is 3.43. The molecule has 3 rings (SSSR count). The number of rotatable bonds is 10. The van der Waals surface area contributed by atoms with Crippen molar-refractivity contribution in [2.75, 3.05) is 14.2 Å². The minimum absolute atomic E-state index is 0.485. The number of aryl methyl sites for hydroxylation is 1. The maximum Gasteiger partial charge on any atom is 0.118 e. The minimum atomic E-state index is 0.485. The fourth-order valence-electron chi connectivity index (χ4n) is 3.99. The summed E-state index contributed by atoms with van der Waals surface area (Å²) >= 11 is 0. The average molecular weight is 389 g/mol. The van der Waals surface area contributed by atoms with Crippen LogP contribution in [-0.2, 0) is 12.8 Å². The topological polar surface area (TPSA) is 18.5 Å². The Morgan fingerprint density at radius 2 is 1.28 bits per heavy atom. The maximum absolute atomic E-state index is 5.33. The summed E-state index contributed by atoms with van der Waals surface area (Å²) in [4.78, 5) is 0. The van der Waals surface area contributed by atoms with Crippen LogP contribution in [0.2, 0.25) is 0 Å².